The molecule has 1 aromatic rings. The van der Waals surface area contributed by atoms with Gasteiger partial charge in [-0.1, -0.05) is 11.6 Å². The SMILES string of the molecule is O=C(OCC1CCOC1)c1ccnc(Cl)c1. The maximum absolute atomic E-state index is 11.6. The van der Waals surface area contributed by atoms with E-state index in [0.29, 0.717) is 29.8 Å². The molecule has 16 heavy (non-hydrogen) atoms. The van der Waals surface area contributed by atoms with Crippen LogP contribution in [0.3, 0.4) is 0 Å². The van der Waals surface area contributed by atoms with Crippen LogP contribution in [0.1, 0.15) is 16.8 Å². The fourth-order valence-electron chi connectivity index (χ4n) is 1.52. The van der Waals surface area contributed by atoms with Gasteiger partial charge in [0.25, 0.3) is 0 Å². The molecule has 86 valence electrons. The summed E-state index contributed by atoms with van der Waals surface area (Å²) in [7, 11) is 0. The number of aromatic nitrogens is 1. The highest BCUT2D eigenvalue weighted by atomic mass is 35.5. The normalized spacial score (nSPS) is 19.7. The third-order valence-corrected chi connectivity index (χ3v) is 2.64. The van der Waals surface area contributed by atoms with Gasteiger partial charge in [0.2, 0.25) is 0 Å². The average Bonchev–Trinajstić information content (AvgIpc) is 2.78. The van der Waals surface area contributed by atoms with E-state index in [0.717, 1.165) is 13.0 Å². The summed E-state index contributed by atoms with van der Waals surface area (Å²) in [6, 6.07) is 3.08. The molecule has 1 aromatic heterocycles. The minimum absolute atomic E-state index is 0.290. The first-order chi connectivity index (χ1) is 7.75. The van der Waals surface area contributed by atoms with Crippen molar-refractivity contribution in [2.24, 2.45) is 5.92 Å². The predicted octanol–water partition coefficient (Wildman–Crippen LogP) is 1.93. The Morgan fingerprint density at radius 3 is 3.25 bits per heavy atom. The standard InChI is InChI=1S/C11H12ClNO3/c12-10-5-9(1-3-13-10)11(14)16-7-8-2-4-15-6-8/h1,3,5,8H,2,4,6-7H2. The zero-order valence-electron chi connectivity index (χ0n) is 8.69. The van der Waals surface area contributed by atoms with Gasteiger partial charge in [0.1, 0.15) is 5.15 Å². The summed E-state index contributed by atoms with van der Waals surface area (Å²) in [6.07, 6.45) is 2.43. The molecule has 2 rings (SSSR count). The van der Waals surface area contributed by atoms with Gasteiger partial charge in [0.15, 0.2) is 0 Å². The molecule has 1 fully saturated rings. The molecule has 0 amide bonds. The van der Waals surface area contributed by atoms with Gasteiger partial charge in [-0.15, -0.1) is 0 Å². The first-order valence-electron chi connectivity index (χ1n) is 5.12. The highest BCUT2D eigenvalue weighted by molar-refractivity contribution is 6.29. The predicted molar refractivity (Wildman–Crippen MR) is 58.5 cm³/mol. The minimum Gasteiger partial charge on any atom is -0.462 e. The molecule has 0 bridgehead atoms. The zero-order valence-corrected chi connectivity index (χ0v) is 9.44. The number of nitrogens with zero attached hydrogens (tertiary/aromatic N) is 1. The summed E-state index contributed by atoms with van der Waals surface area (Å²) >= 11 is 5.68. The van der Waals surface area contributed by atoms with Gasteiger partial charge >= 0.3 is 5.97 Å². The number of hydrogen-bond acceptors (Lipinski definition) is 4. The van der Waals surface area contributed by atoms with Crippen molar-refractivity contribution in [2.75, 3.05) is 19.8 Å². The van der Waals surface area contributed by atoms with Crippen LogP contribution < -0.4 is 0 Å². The van der Waals surface area contributed by atoms with Crippen molar-refractivity contribution >= 4 is 17.6 Å². The van der Waals surface area contributed by atoms with Crippen molar-refractivity contribution in [3.8, 4) is 0 Å². The molecule has 2 heterocycles. The van der Waals surface area contributed by atoms with Crippen molar-refractivity contribution in [2.45, 2.75) is 6.42 Å². The Balaban J connectivity index is 1.87. The van der Waals surface area contributed by atoms with Crippen LogP contribution in [0.25, 0.3) is 0 Å². The molecule has 0 radical (unpaired) electrons. The van der Waals surface area contributed by atoms with E-state index in [9.17, 15) is 4.79 Å². The van der Waals surface area contributed by atoms with Gasteiger partial charge in [0.05, 0.1) is 18.8 Å². The summed E-state index contributed by atoms with van der Waals surface area (Å²) < 4.78 is 10.4. The van der Waals surface area contributed by atoms with E-state index >= 15 is 0 Å². The lowest BCUT2D eigenvalue weighted by molar-refractivity contribution is 0.0428. The van der Waals surface area contributed by atoms with Gasteiger partial charge in [-0.2, -0.15) is 0 Å². The molecule has 0 aliphatic carbocycles. The van der Waals surface area contributed by atoms with Crippen molar-refractivity contribution in [1.82, 2.24) is 4.98 Å². The maximum Gasteiger partial charge on any atom is 0.338 e. The average molecular weight is 242 g/mol. The quantitative estimate of drug-likeness (QED) is 0.599. The number of rotatable bonds is 3. The number of pyridine rings is 1. The van der Waals surface area contributed by atoms with Gasteiger partial charge in [-0.25, -0.2) is 9.78 Å². The van der Waals surface area contributed by atoms with E-state index in [1.807, 2.05) is 0 Å². The zero-order chi connectivity index (χ0) is 11.4. The van der Waals surface area contributed by atoms with Crippen LogP contribution in [-0.2, 0) is 9.47 Å². The van der Waals surface area contributed by atoms with Crippen molar-refractivity contribution < 1.29 is 14.3 Å². The Morgan fingerprint density at radius 2 is 2.56 bits per heavy atom. The summed E-state index contributed by atoms with van der Waals surface area (Å²) in [4.78, 5) is 15.4. The molecule has 0 N–H and O–H groups in total. The van der Waals surface area contributed by atoms with Crippen LogP contribution in [0, 0.1) is 5.92 Å². The fraction of sp³-hybridized carbons (Fsp3) is 0.455. The molecule has 0 aromatic carbocycles. The molecule has 4 nitrogen and oxygen atoms in total. The number of ether oxygens (including phenoxy) is 2. The monoisotopic (exact) mass is 241 g/mol. The Morgan fingerprint density at radius 1 is 1.69 bits per heavy atom. The highest BCUT2D eigenvalue weighted by Gasteiger charge is 2.18. The Labute approximate surface area is 98.5 Å². The highest BCUT2D eigenvalue weighted by Crippen LogP contribution is 2.14. The molecule has 1 saturated heterocycles. The van der Waals surface area contributed by atoms with Crippen LogP contribution in [0.2, 0.25) is 5.15 Å². The first kappa shape index (κ1) is 11.4. The first-order valence-corrected chi connectivity index (χ1v) is 5.50. The second kappa shape index (κ2) is 5.27. The molecular formula is C11H12ClNO3. The molecule has 1 aliphatic heterocycles. The largest absolute Gasteiger partial charge is 0.462 e. The van der Waals surface area contributed by atoms with Crippen LogP contribution >= 0.6 is 11.6 Å². The van der Waals surface area contributed by atoms with Crippen LogP contribution in [-0.4, -0.2) is 30.8 Å². The van der Waals surface area contributed by atoms with Gasteiger partial charge in [-0.3, -0.25) is 0 Å². The smallest absolute Gasteiger partial charge is 0.338 e. The van der Waals surface area contributed by atoms with Crippen LogP contribution in [0.15, 0.2) is 18.3 Å². The van der Waals surface area contributed by atoms with E-state index in [4.69, 9.17) is 21.1 Å². The second-order valence-corrected chi connectivity index (χ2v) is 4.08. The van der Waals surface area contributed by atoms with Crippen LogP contribution in [0.4, 0.5) is 0 Å². The molecule has 1 atom stereocenters. The number of carbonyl (C=O) groups is 1. The molecule has 1 aliphatic rings. The fourth-order valence-corrected chi connectivity index (χ4v) is 1.69. The number of halogens is 1. The minimum atomic E-state index is -0.365. The molecule has 0 saturated carbocycles. The number of hydrogen-bond donors (Lipinski definition) is 0. The summed E-state index contributed by atoms with van der Waals surface area (Å²) in [6.45, 7) is 1.83. The lowest BCUT2D eigenvalue weighted by Crippen LogP contribution is -2.14. The Bertz CT molecular complexity index is 377. The number of carbonyl (C=O) groups excluding carboxylic acids is 1. The van der Waals surface area contributed by atoms with Crippen LogP contribution in [0.5, 0.6) is 0 Å². The third kappa shape index (κ3) is 2.93. The van der Waals surface area contributed by atoms with Crippen molar-refractivity contribution in [3.63, 3.8) is 0 Å². The van der Waals surface area contributed by atoms with Crippen molar-refractivity contribution in [3.05, 3.63) is 29.0 Å². The lowest BCUT2D eigenvalue weighted by atomic mass is 10.1. The topological polar surface area (TPSA) is 48.4 Å². The van der Waals surface area contributed by atoms with E-state index in [2.05, 4.69) is 4.98 Å². The molecular weight excluding hydrogens is 230 g/mol. The number of esters is 1. The van der Waals surface area contributed by atoms with E-state index < -0.39 is 0 Å². The molecule has 5 heteroatoms. The van der Waals surface area contributed by atoms with E-state index in [1.54, 1.807) is 6.07 Å². The molecule has 1 unspecified atom stereocenters. The second-order valence-electron chi connectivity index (χ2n) is 3.70. The third-order valence-electron chi connectivity index (χ3n) is 2.44. The van der Waals surface area contributed by atoms with Gasteiger partial charge < -0.3 is 9.47 Å². The van der Waals surface area contributed by atoms with E-state index in [-0.39, 0.29) is 5.97 Å². The molecule has 0 spiro atoms. The Hall–Kier alpha value is -1.13. The van der Waals surface area contributed by atoms with Gasteiger partial charge in [-0.05, 0) is 18.6 Å². The van der Waals surface area contributed by atoms with Crippen molar-refractivity contribution in [1.29, 1.82) is 0 Å². The van der Waals surface area contributed by atoms with Gasteiger partial charge in [0, 0.05) is 18.7 Å². The summed E-state index contributed by atoms with van der Waals surface area (Å²) in [5, 5.41) is 0.290. The maximum atomic E-state index is 11.6. The summed E-state index contributed by atoms with van der Waals surface area (Å²) in [5.41, 5.74) is 0.430. The van der Waals surface area contributed by atoms with E-state index in [1.165, 1.54) is 12.3 Å². The lowest BCUT2D eigenvalue weighted by Gasteiger charge is -2.08. The summed E-state index contributed by atoms with van der Waals surface area (Å²) in [5.74, 6) is -0.0440. The Kier molecular flexibility index (Phi) is 3.74.